The summed E-state index contributed by atoms with van der Waals surface area (Å²) < 4.78 is 0. The van der Waals surface area contributed by atoms with Crippen molar-refractivity contribution in [2.24, 2.45) is 11.7 Å². The third-order valence-electron chi connectivity index (χ3n) is 2.88. The summed E-state index contributed by atoms with van der Waals surface area (Å²) in [5.74, 6) is -1.31. The molecular weight excluding hydrogens is 238 g/mol. The van der Waals surface area contributed by atoms with Crippen LogP contribution in [0.3, 0.4) is 0 Å². The summed E-state index contributed by atoms with van der Waals surface area (Å²) in [7, 11) is 0. The van der Waals surface area contributed by atoms with Crippen molar-refractivity contribution < 1.29 is 14.5 Å². The molecule has 1 aromatic rings. The molecule has 1 heterocycles. The molecule has 0 aromatic heterocycles. The van der Waals surface area contributed by atoms with Gasteiger partial charge >= 0.3 is 0 Å². The normalized spacial score (nSPS) is 19.0. The van der Waals surface area contributed by atoms with Crippen LogP contribution in [0.2, 0.25) is 0 Å². The number of nitro benzene ring substituents is 1. The van der Waals surface area contributed by atoms with Gasteiger partial charge < -0.3 is 10.6 Å². The Labute approximate surface area is 102 Å². The van der Waals surface area contributed by atoms with Crippen LogP contribution in [0.1, 0.15) is 6.42 Å². The number of rotatable bonds is 3. The molecule has 0 saturated carbocycles. The van der Waals surface area contributed by atoms with Gasteiger partial charge in [-0.2, -0.15) is 0 Å². The molecule has 0 unspecified atom stereocenters. The monoisotopic (exact) mass is 249 g/mol. The van der Waals surface area contributed by atoms with Crippen LogP contribution in [-0.2, 0) is 9.59 Å². The number of hydrogen-bond acceptors (Lipinski definition) is 4. The molecule has 7 nitrogen and oxygen atoms in total. The van der Waals surface area contributed by atoms with Crippen molar-refractivity contribution in [1.82, 2.24) is 0 Å². The lowest BCUT2D eigenvalue weighted by atomic mass is 10.1. The van der Waals surface area contributed by atoms with Gasteiger partial charge in [0.15, 0.2) is 0 Å². The number of carbonyl (C=O) groups excluding carboxylic acids is 2. The van der Waals surface area contributed by atoms with Crippen LogP contribution in [0.5, 0.6) is 0 Å². The fourth-order valence-electron chi connectivity index (χ4n) is 1.92. The van der Waals surface area contributed by atoms with Crippen LogP contribution in [0, 0.1) is 16.0 Å². The molecule has 0 radical (unpaired) electrons. The summed E-state index contributed by atoms with van der Waals surface area (Å²) in [5, 5.41) is 10.7. The van der Waals surface area contributed by atoms with E-state index in [4.69, 9.17) is 5.73 Å². The second-order valence-electron chi connectivity index (χ2n) is 4.08. The van der Waals surface area contributed by atoms with Gasteiger partial charge in [-0.25, -0.2) is 0 Å². The van der Waals surface area contributed by atoms with E-state index in [9.17, 15) is 19.7 Å². The number of amides is 2. The number of benzene rings is 1. The van der Waals surface area contributed by atoms with Crippen molar-refractivity contribution in [1.29, 1.82) is 0 Å². The van der Waals surface area contributed by atoms with Crippen LogP contribution in [0.15, 0.2) is 24.3 Å². The number of anilines is 1. The first kappa shape index (κ1) is 12.0. The van der Waals surface area contributed by atoms with Crippen molar-refractivity contribution in [3.8, 4) is 0 Å². The fraction of sp³-hybridized carbons (Fsp3) is 0.273. The van der Waals surface area contributed by atoms with Crippen LogP contribution < -0.4 is 10.6 Å². The van der Waals surface area contributed by atoms with Crippen molar-refractivity contribution >= 4 is 23.2 Å². The first-order chi connectivity index (χ1) is 8.49. The highest BCUT2D eigenvalue weighted by Crippen LogP contribution is 2.27. The lowest BCUT2D eigenvalue weighted by Crippen LogP contribution is -2.28. The predicted molar refractivity (Wildman–Crippen MR) is 62.8 cm³/mol. The Hall–Kier alpha value is -2.44. The van der Waals surface area contributed by atoms with E-state index in [1.54, 1.807) is 6.07 Å². The quantitative estimate of drug-likeness (QED) is 0.619. The molecule has 1 fully saturated rings. The van der Waals surface area contributed by atoms with Crippen molar-refractivity contribution in [3.05, 3.63) is 34.4 Å². The highest BCUT2D eigenvalue weighted by molar-refractivity contribution is 6.00. The minimum absolute atomic E-state index is 0.0536. The lowest BCUT2D eigenvalue weighted by Gasteiger charge is -2.15. The molecule has 0 bridgehead atoms. The van der Waals surface area contributed by atoms with Gasteiger partial charge in [0, 0.05) is 25.1 Å². The SMILES string of the molecule is NC(=O)[C@H]1CC(=O)N(c2cccc([N+](=O)[O-])c2)C1. The molecule has 18 heavy (non-hydrogen) atoms. The standard InChI is InChI=1S/C11H11N3O4/c12-11(16)7-4-10(15)13(6-7)8-2-1-3-9(5-8)14(17)18/h1-3,5,7H,4,6H2,(H2,12,16)/t7-/m0/s1. The molecule has 1 aromatic carbocycles. The van der Waals surface area contributed by atoms with Crippen molar-refractivity contribution in [2.45, 2.75) is 6.42 Å². The van der Waals surface area contributed by atoms with Gasteiger partial charge in [0.2, 0.25) is 11.8 Å². The Kier molecular flexibility index (Phi) is 2.97. The number of nitro groups is 1. The van der Waals surface area contributed by atoms with Crippen molar-refractivity contribution in [3.63, 3.8) is 0 Å². The third kappa shape index (κ3) is 2.15. The molecule has 2 amide bonds. The van der Waals surface area contributed by atoms with Gasteiger partial charge in [-0.3, -0.25) is 19.7 Å². The molecule has 2 N–H and O–H groups in total. The van der Waals surface area contributed by atoms with E-state index in [0.717, 1.165) is 0 Å². The van der Waals surface area contributed by atoms with Gasteiger partial charge in [0.1, 0.15) is 0 Å². The summed E-state index contributed by atoms with van der Waals surface area (Å²) in [5.41, 5.74) is 5.47. The zero-order valence-electron chi connectivity index (χ0n) is 9.41. The molecule has 0 aliphatic carbocycles. The maximum atomic E-state index is 11.7. The molecule has 1 aliphatic heterocycles. The minimum Gasteiger partial charge on any atom is -0.369 e. The van der Waals surface area contributed by atoms with Crippen LogP contribution in [0.4, 0.5) is 11.4 Å². The Balaban J connectivity index is 2.27. The van der Waals surface area contributed by atoms with E-state index >= 15 is 0 Å². The maximum absolute atomic E-state index is 11.7. The number of primary amides is 1. The van der Waals surface area contributed by atoms with E-state index in [2.05, 4.69) is 0 Å². The predicted octanol–water partition coefficient (Wildman–Crippen LogP) is 0.433. The van der Waals surface area contributed by atoms with Gasteiger partial charge in [-0.05, 0) is 6.07 Å². The van der Waals surface area contributed by atoms with Gasteiger partial charge in [0.25, 0.3) is 5.69 Å². The molecule has 1 saturated heterocycles. The van der Waals surface area contributed by atoms with Gasteiger partial charge in [-0.1, -0.05) is 6.07 Å². The van der Waals surface area contributed by atoms with E-state index in [-0.39, 0.29) is 24.6 Å². The largest absolute Gasteiger partial charge is 0.369 e. The van der Waals surface area contributed by atoms with E-state index < -0.39 is 16.7 Å². The summed E-state index contributed by atoms with van der Waals surface area (Å²) in [4.78, 5) is 34.2. The Morgan fingerprint density at radius 1 is 1.50 bits per heavy atom. The summed E-state index contributed by atoms with van der Waals surface area (Å²) >= 11 is 0. The zero-order chi connectivity index (χ0) is 13.3. The van der Waals surface area contributed by atoms with E-state index in [1.807, 2.05) is 0 Å². The Bertz CT molecular complexity index is 529. The number of nitrogens with zero attached hydrogens (tertiary/aromatic N) is 2. The average molecular weight is 249 g/mol. The van der Waals surface area contributed by atoms with E-state index in [1.165, 1.54) is 23.1 Å². The van der Waals surface area contributed by atoms with Crippen LogP contribution >= 0.6 is 0 Å². The Morgan fingerprint density at radius 2 is 2.22 bits per heavy atom. The maximum Gasteiger partial charge on any atom is 0.271 e. The van der Waals surface area contributed by atoms with Gasteiger partial charge in [-0.15, -0.1) is 0 Å². The highest BCUT2D eigenvalue weighted by Gasteiger charge is 2.34. The number of carbonyl (C=O) groups is 2. The Morgan fingerprint density at radius 3 is 2.78 bits per heavy atom. The molecule has 94 valence electrons. The first-order valence-electron chi connectivity index (χ1n) is 5.33. The number of non-ortho nitro benzene ring substituents is 1. The summed E-state index contributed by atoms with van der Waals surface area (Å²) in [6.45, 7) is 0.176. The molecule has 1 atom stereocenters. The highest BCUT2D eigenvalue weighted by atomic mass is 16.6. The summed E-state index contributed by atoms with van der Waals surface area (Å²) in [6.07, 6.45) is 0.0536. The van der Waals surface area contributed by atoms with Gasteiger partial charge in [0.05, 0.1) is 16.5 Å². The average Bonchev–Trinajstić information content (AvgIpc) is 2.72. The van der Waals surface area contributed by atoms with Crippen molar-refractivity contribution in [2.75, 3.05) is 11.4 Å². The lowest BCUT2D eigenvalue weighted by molar-refractivity contribution is -0.384. The molecular formula is C11H11N3O4. The molecule has 1 aliphatic rings. The van der Waals surface area contributed by atoms with E-state index in [0.29, 0.717) is 5.69 Å². The van der Waals surface area contributed by atoms with Crippen LogP contribution in [-0.4, -0.2) is 23.3 Å². The third-order valence-corrected chi connectivity index (χ3v) is 2.88. The number of hydrogen-bond donors (Lipinski definition) is 1. The smallest absolute Gasteiger partial charge is 0.271 e. The minimum atomic E-state index is -0.532. The second kappa shape index (κ2) is 4.44. The topological polar surface area (TPSA) is 107 Å². The zero-order valence-corrected chi connectivity index (χ0v) is 9.41. The summed E-state index contributed by atoms with van der Waals surface area (Å²) in [6, 6.07) is 5.74. The second-order valence-corrected chi connectivity index (χ2v) is 4.08. The molecule has 7 heteroatoms. The molecule has 2 rings (SSSR count). The van der Waals surface area contributed by atoms with Crippen LogP contribution in [0.25, 0.3) is 0 Å². The first-order valence-corrected chi connectivity index (χ1v) is 5.33. The fourth-order valence-corrected chi connectivity index (χ4v) is 1.92. The molecule has 0 spiro atoms. The number of nitrogens with two attached hydrogens (primary N) is 1.